The average Bonchev–Trinajstić information content (AvgIpc) is 2.79. The number of aliphatic imine (C=N–C) groups is 1. The van der Waals surface area contributed by atoms with E-state index in [1.165, 1.54) is 0 Å². The van der Waals surface area contributed by atoms with Crippen LogP contribution in [0.3, 0.4) is 0 Å². The zero-order valence-corrected chi connectivity index (χ0v) is 17.0. The molecule has 0 saturated heterocycles. The average molecular weight is 428 g/mol. The van der Waals surface area contributed by atoms with Crippen LogP contribution in [0.25, 0.3) is 0 Å². The molecule has 0 aromatic heterocycles. The van der Waals surface area contributed by atoms with Gasteiger partial charge in [0.1, 0.15) is 5.92 Å². The van der Waals surface area contributed by atoms with Gasteiger partial charge in [-0.05, 0) is 18.6 Å². The zero-order chi connectivity index (χ0) is 20.3. The summed E-state index contributed by atoms with van der Waals surface area (Å²) in [4.78, 5) is 17.3. The quantitative estimate of drug-likeness (QED) is 0.570. The lowest BCUT2D eigenvalue weighted by Crippen LogP contribution is -2.37. The fourth-order valence-corrected chi connectivity index (χ4v) is 5.44. The fourth-order valence-electron chi connectivity index (χ4n) is 3.52. The molecular weight excluding hydrogens is 406 g/mol. The number of carbonyl (C=O) groups is 1. The number of rotatable bonds is 5. The van der Waals surface area contributed by atoms with Crippen molar-refractivity contribution < 1.29 is 27.8 Å². The van der Waals surface area contributed by atoms with E-state index in [0.717, 1.165) is 0 Å². The third-order valence-corrected chi connectivity index (χ3v) is 6.98. The van der Waals surface area contributed by atoms with Crippen molar-refractivity contribution >= 4 is 33.1 Å². The number of aliphatic hydroxyl groups is 1. The number of allylic oxidation sites excluding steroid dienone is 1. The van der Waals surface area contributed by atoms with Gasteiger partial charge in [-0.25, -0.2) is 8.42 Å². The predicted octanol–water partition coefficient (Wildman–Crippen LogP) is 2.10. The summed E-state index contributed by atoms with van der Waals surface area (Å²) < 4.78 is 36.8. The SMILES string of the molecule is CC1=NC2=C(C(c3ccccc3Cl)C1C(=O)OCCCO)S(=O)(=O)CCOC2. The minimum atomic E-state index is -3.71. The largest absolute Gasteiger partial charge is 0.465 e. The van der Waals surface area contributed by atoms with E-state index in [0.29, 0.717) is 28.4 Å². The number of aliphatic hydroxyl groups excluding tert-OH is 1. The number of hydrogen-bond acceptors (Lipinski definition) is 7. The summed E-state index contributed by atoms with van der Waals surface area (Å²) in [5.41, 5.74) is 1.28. The Morgan fingerprint density at radius 3 is 2.86 bits per heavy atom. The van der Waals surface area contributed by atoms with Gasteiger partial charge in [0, 0.05) is 29.7 Å². The van der Waals surface area contributed by atoms with Gasteiger partial charge in [0.25, 0.3) is 0 Å². The molecule has 0 fully saturated rings. The first-order chi connectivity index (χ1) is 13.4. The Hall–Kier alpha value is -1.74. The topological polar surface area (TPSA) is 102 Å². The standard InChI is InChI=1S/C19H22ClNO6S/c1-12-16(19(23)27-8-4-7-22)17(13-5-2-3-6-14(13)20)18-15(21-12)11-26-9-10-28(18,24)25/h2-3,5-6,16-17,22H,4,7-11H2,1H3. The molecule has 2 unspecified atom stereocenters. The normalized spacial score (nSPS) is 24.2. The Kier molecular flexibility index (Phi) is 6.54. The predicted molar refractivity (Wildman–Crippen MR) is 105 cm³/mol. The van der Waals surface area contributed by atoms with Crippen LogP contribution >= 0.6 is 11.6 Å². The summed E-state index contributed by atoms with van der Waals surface area (Å²) in [5.74, 6) is -2.54. The summed E-state index contributed by atoms with van der Waals surface area (Å²) in [6.45, 7) is 1.71. The summed E-state index contributed by atoms with van der Waals surface area (Å²) in [5, 5.41) is 9.29. The van der Waals surface area contributed by atoms with Crippen LogP contribution < -0.4 is 0 Å². The molecule has 2 aliphatic heterocycles. The minimum Gasteiger partial charge on any atom is -0.465 e. The minimum absolute atomic E-state index is 0.0378. The molecule has 0 amide bonds. The van der Waals surface area contributed by atoms with Crippen molar-refractivity contribution in [1.82, 2.24) is 0 Å². The van der Waals surface area contributed by atoms with E-state index in [-0.39, 0.29) is 37.1 Å². The van der Waals surface area contributed by atoms with E-state index in [2.05, 4.69) is 4.99 Å². The summed E-state index contributed by atoms with van der Waals surface area (Å²) in [6.07, 6.45) is 0.297. The third kappa shape index (κ3) is 4.15. The first-order valence-electron chi connectivity index (χ1n) is 8.97. The van der Waals surface area contributed by atoms with Gasteiger partial charge in [-0.3, -0.25) is 9.79 Å². The van der Waals surface area contributed by atoms with Crippen LogP contribution in [0, 0.1) is 5.92 Å². The van der Waals surface area contributed by atoms with Crippen LogP contribution in [0.5, 0.6) is 0 Å². The monoisotopic (exact) mass is 427 g/mol. The first-order valence-corrected chi connectivity index (χ1v) is 11.0. The summed E-state index contributed by atoms with van der Waals surface area (Å²) in [6, 6.07) is 6.86. The number of hydrogen-bond donors (Lipinski definition) is 1. The highest BCUT2D eigenvalue weighted by Crippen LogP contribution is 2.45. The number of nitrogens with zero attached hydrogens (tertiary/aromatic N) is 1. The fraction of sp³-hybridized carbons (Fsp3) is 0.474. The molecule has 0 aliphatic carbocycles. The maximum atomic E-state index is 13.0. The Morgan fingerprint density at radius 2 is 2.14 bits per heavy atom. The second-order valence-electron chi connectivity index (χ2n) is 6.66. The molecule has 1 aromatic rings. The van der Waals surface area contributed by atoms with E-state index >= 15 is 0 Å². The van der Waals surface area contributed by atoms with Crippen molar-refractivity contribution in [2.45, 2.75) is 19.3 Å². The van der Waals surface area contributed by atoms with Crippen molar-refractivity contribution in [2.75, 3.05) is 32.2 Å². The van der Waals surface area contributed by atoms with Gasteiger partial charge in [0.2, 0.25) is 0 Å². The Morgan fingerprint density at radius 1 is 1.39 bits per heavy atom. The van der Waals surface area contributed by atoms with Crippen molar-refractivity contribution in [3.8, 4) is 0 Å². The molecule has 9 heteroatoms. The molecular formula is C19H22ClNO6S. The number of esters is 1. The molecule has 1 aromatic carbocycles. The van der Waals surface area contributed by atoms with Gasteiger partial charge in [0.15, 0.2) is 9.84 Å². The third-order valence-electron chi connectivity index (χ3n) is 4.77. The second-order valence-corrected chi connectivity index (χ2v) is 9.14. The highest BCUT2D eigenvalue weighted by molar-refractivity contribution is 7.95. The lowest BCUT2D eigenvalue weighted by atomic mass is 9.80. The van der Waals surface area contributed by atoms with Crippen LogP contribution in [0.2, 0.25) is 5.02 Å². The Labute approximate surface area is 168 Å². The van der Waals surface area contributed by atoms with Crippen molar-refractivity contribution in [1.29, 1.82) is 0 Å². The van der Waals surface area contributed by atoms with E-state index in [1.54, 1.807) is 31.2 Å². The highest BCUT2D eigenvalue weighted by Gasteiger charge is 2.45. The number of carbonyl (C=O) groups excluding carboxylic acids is 1. The molecule has 2 atom stereocenters. The molecule has 2 aliphatic rings. The second kappa shape index (κ2) is 8.73. The molecule has 152 valence electrons. The highest BCUT2D eigenvalue weighted by atomic mass is 35.5. The molecule has 7 nitrogen and oxygen atoms in total. The molecule has 28 heavy (non-hydrogen) atoms. The van der Waals surface area contributed by atoms with Crippen LogP contribution in [-0.2, 0) is 24.1 Å². The van der Waals surface area contributed by atoms with Gasteiger partial charge in [0.05, 0.1) is 36.2 Å². The lowest BCUT2D eigenvalue weighted by Gasteiger charge is -2.32. The van der Waals surface area contributed by atoms with Gasteiger partial charge < -0.3 is 14.6 Å². The molecule has 0 saturated carbocycles. The molecule has 0 bridgehead atoms. The van der Waals surface area contributed by atoms with Crippen LogP contribution in [0.1, 0.15) is 24.8 Å². The van der Waals surface area contributed by atoms with E-state index < -0.39 is 27.6 Å². The van der Waals surface area contributed by atoms with E-state index in [9.17, 15) is 13.2 Å². The smallest absolute Gasteiger partial charge is 0.315 e. The first kappa shape index (κ1) is 21.0. The lowest BCUT2D eigenvalue weighted by molar-refractivity contribution is -0.146. The Bertz CT molecular complexity index is 924. The summed E-state index contributed by atoms with van der Waals surface area (Å²) >= 11 is 6.39. The van der Waals surface area contributed by atoms with Crippen LogP contribution in [0.15, 0.2) is 39.9 Å². The van der Waals surface area contributed by atoms with Crippen molar-refractivity contribution in [3.05, 3.63) is 45.5 Å². The number of halogens is 1. The number of benzene rings is 1. The van der Waals surface area contributed by atoms with Crippen LogP contribution in [-0.4, -0.2) is 57.4 Å². The molecule has 0 radical (unpaired) electrons. The number of sulfone groups is 1. The maximum Gasteiger partial charge on any atom is 0.315 e. The maximum absolute atomic E-state index is 13.0. The van der Waals surface area contributed by atoms with Crippen molar-refractivity contribution in [2.24, 2.45) is 10.9 Å². The Balaban J connectivity index is 2.15. The van der Waals surface area contributed by atoms with Crippen LogP contribution in [0.4, 0.5) is 0 Å². The molecule has 1 N–H and O–H groups in total. The van der Waals surface area contributed by atoms with E-state index in [4.69, 9.17) is 26.2 Å². The number of ether oxygens (including phenoxy) is 2. The van der Waals surface area contributed by atoms with Gasteiger partial charge in [-0.1, -0.05) is 29.8 Å². The van der Waals surface area contributed by atoms with Crippen molar-refractivity contribution in [3.63, 3.8) is 0 Å². The summed E-state index contributed by atoms with van der Waals surface area (Å²) in [7, 11) is -3.71. The van der Waals surface area contributed by atoms with Gasteiger partial charge >= 0.3 is 5.97 Å². The molecule has 2 heterocycles. The molecule has 3 rings (SSSR count). The molecule has 0 spiro atoms. The van der Waals surface area contributed by atoms with Gasteiger partial charge in [-0.2, -0.15) is 0 Å². The van der Waals surface area contributed by atoms with E-state index in [1.807, 2.05) is 0 Å². The van der Waals surface area contributed by atoms with Gasteiger partial charge in [-0.15, -0.1) is 0 Å². The zero-order valence-electron chi connectivity index (χ0n) is 15.4.